The van der Waals surface area contributed by atoms with Gasteiger partial charge in [-0.15, -0.1) is 0 Å². The SMILES string of the molecule is O=C1NCC(CC(O)CN2CCOCC2)c2[nH]ccc21. The number of aliphatic hydroxyl groups excluding tert-OH is 1. The highest BCUT2D eigenvalue weighted by atomic mass is 16.5. The highest BCUT2D eigenvalue weighted by Crippen LogP contribution is 2.26. The smallest absolute Gasteiger partial charge is 0.253 e. The molecule has 20 heavy (non-hydrogen) atoms. The first-order valence-electron chi connectivity index (χ1n) is 7.17. The monoisotopic (exact) mass is 279 g/mol. The lowest BCUT2D eigenvalue weighted by Gasteiger charge is -2.30. The molecule has 1 saturated heterocycles. The van der Waals surface area contributed by atoms with Gasteiger partial charge in [-0.3, -0.25) is 9.69 Å². The van der Waals surface area contributed by atoms with E-state index >= 15 is 0 Å². The molecule has 2 aliphatic rings. The van der Waals surface area contributed by atoms with Crippen LogP contribution in [0.5, 0.6) is 0 Å². The Hall–Kier alpha value is -1.37. The molecule has 2 atom stereocenters. The second-order valence-corrected chi connectivity index (χ2v) is 5.51. The van der Waals surface area contributed by atoms with Crippen molar-refractivity contribution in [1.29, 1.82) is 0 Å². The van der Waals surface area contributed by atoms with Gasteiger partial charge in [0, 0.05) is 44.0 Å². The molecule has 0 aromatic carbocycles. The standard InChI is InChI=1S/C14H21N3O3/c18-11(9-17-3-5-20-6-4-17)7-10-8-16-14(19)12-1-2-15-13(10)12/h1-2,10-11,15,18H,3-9H2,(H,16,19). The van der Waals surface area contributed by atoms with Gasteiger partial charge in [0.25, 0.3) is 5.91 Å². The molecule has 110 valence electrons. The van der Waals surface area contributed by atoms with Gasteiger partial charge in [0.15, 0.2) is 0 Å². The number of aliphatic hydroxyl groups is 1. The maximum Gasteiger partial charge on any atom is 0.253 e. The third-order valence-electron chi connectivity index (χ3n) is 4.07. The molecule has 1 aromatic heterocycles. The first kappa shape index (κ1) is 13.6. The molecule has 3 rings (SSSR count). The lowest BCUT2D eigenvalue weighted by atomic mass is 9.92. The number of hydrogen-bond acceptors (Lipinski definition) is 4. The van der Waals surface area contributed by atoms with Crippen LogP contribution in [0.4, 0.5) is 0 Å². The molecule has 6 nitrogen and oxygen atoms in total. The topological polar surface area (TPSA) is 77.6 Å². The van der Waals surface area contributed by atoms with E-state index in [1.54, 1.807) is 12.3 Å². The summed E-state index contributed by atoms with van der Waals surface area (Å²) in [6, 6.07) is 1.80. The number of aromatic amines is 1. The normalized spacial score (nSPS) is 25.1. The van der Waals surface area contributed by atoms with Crippen LogP contribution in [-0.4, -0.2) is 66.4 Å². The van der Waals surface area contributed by atoms with Crippen LogP contribution in [0.25, 0.3) is 0 Å². The Labute approximate surface area is 118 Å². The number of fused-ring (bicyclic) bond motifs is 1. The van der Waals surface area contributed by atoms with Crippen molar-refractivity contribution in [2.45, 2.75) is 18.4 Å². The summed E-state index contributed by atoms with van der Waals surface area (Å²) in [5.41, 5.74) is 1.66. The minimum absolute atomic E-state index is 0.0276. The fraction of sp³-hybridized carbons (Fsp3) is 0.643. The fourth-order valence-electron chi connectivity index (χ4n) is 3.02. The van der Waals surface area contributed by atoms with Crippen molar-refractivity contribution < 1.29 is 14.6 Å². The van der Waals surface area contributed by atoms with Crippen LogP contribution in [0.3, 0.4) is 0 Å². The lowest BCUT2D eigenvalue weighted by molar-refractivity contribution is 0.0116. The molecule has 2 aliphatic heterocycles. The number of ether oxygens (including phenoxy) is 1. The van der Waals surface area contributed by atoms with Crippen LogP contribution < -0.4 is 5.32 Å². The van der Waals surface area contributed by atoms with E-state index in [0.717, 1.165) is 32.0 Å². The van der Waals surface area contributed by atoms with Crippen molar-refractivity contribution in [1.82, 2.24) is 15.2 Å². The molecule has 0 radical (unpaired) electrons. The van der Waals surface area contributed by atoms with E-state index in [4.69, 9.17) is 4.74 Å². The number of rotatable bonds is 4. The third kappa shape index (κ3) is 2.87. The Morgan fingerprint density at radius 2 is 2.25 bits per heavy atom. The van der Waals surface area contributed by atoms with Crippen molar-refractivity contribution in [3.63, 3.8) is 0 Å². The molecule has 2 unspecified atom stereocenters. The number of nitrogens with zero attached hydrogens (tertiary/aromatic N) is 1. The average Bonchev–Trinajstić information content (AvgIpc) is 2.93. The molecule has 1 aromatic rings. The molecule has 6 heteroatoms. The van der Waals surface area contributed by atoms with Crippen LogP contribution in [0.2, 0.25) is 0 Å². The van der Waals surface area contributed by atoms with Gasteiger partial charge in [0.2, 0.25) is 0 Å². The Morgan fingerprint density at radius 1 is 1.45 bits per heavy atom. The van der Waals surface area contributed by atoms with Crippen molar-refractivity contribution in [3.05, 3.63) is 23.5 Å². The largest absolute Gasteiger partial charge is 0.392 e. The number of carbonyl (C=O) groups excluding carboxylic acids is 1. The van der Waals surface area contributed by atoms with E-state index in [0.29, 0.717) is 25.1 Å². The molecular formula is C14H21N3O3. The molecule has 1 amide bonds. The summed E-state index contributed by atoms with van der Waals surface area (Å²) in [6.45, 7) is 4.51. The number of H-pyrrole nitrogens is 1. The lowest BCUT2D eigenvalue weighted by Crippen LogP contribution is -2.42. The Balaban J connectivity index is 1.58. The van der Waals surface area contributed by atoms with Crippen molar-refractivity contribution in [3.8, 4) is 0 Å². The van der Waals surface area contributed by atoms with Gasteiger partial charge in [-0.1, -0.05) is 0 Å². The number of amides is 1. The summed E-state index contributed by atoms with van der Waals surface area (Å²) in [4.78, 5) is 17.0. The summed E-state index contributed by atoms with van der Waals surface area (Å²) in [7, 11) is 0. The zero-order chi connectivity index (χ0) is 13.9. The summed E-state index contributed by atoms with van der Waals surface area (Å²) in [5, 5.41) is 13.2. The third-order valence-corrected chi connectivity index (χ3v) is 4.07. The molecule has 0 bridgehead atoms. The van der Waals surface area contributed by atoms with Crippen LogP contribution in [-0.2, 0) is 4.74 Å². The van der Waals surface area contributed by atoms with Crippen molar-refractivity contribution in [2.75, 3.05) is 39.4 Å². The summed E-state index contributed by atoms with van der Waals surface area (Å²) < 4.78 is 5.30. The summed E-state index contributed by atoms with van der Waals surface area (Å²) in [6.07, 6.45) is 2.06. The van der Waals surface area contributed by atoms with Gasteiger partial charge >= 0.3 is 0 Å². The summed E-state index contributed by atoms with van der Waals surface area (Å²) >= 11 is 0. The van der Waals surface area contributed by atoms with Gasteiger partial charge < -0.3 is 20.1 Å². The van der Waals surface area contributed by atoms with Gasteiger partial charge in [-0.25, -0.2) is 0 Å². The second kappa shape index (κ2) is 5.95. The molecule has 0 saturated carbocycles. The molecule has 0 spiro atoms. The van der Waals surface area contributed by atoms with E-state index in [-0.39, 0.29) is 17.9 Å². The maximum absolute atomic E-state index is 11.7. The zero-order valence-electron chi connectivity index (χ0n) is 11.5. The first-order chi connectivity index (χ1) is 9.74. The van der Waals surface area contributed by atoms with E-state index in [1.165, 1.54) is 0 Å². The molecule has 0 aliphatic carbocycles. The predicted octanol–water partition coefficient (Wildman–Crippen LogP) is -0.0751. The zero-order valence-corrected chi connectivity index (χ0v) is 11.5. The van der Waals surface area contributed by atoms with E-state index in [9.17, 15) is 9.90 Å². The van der Waals surface area contributed by atoms with Gasteiger partial charge in [0.1, 0.15) is 0 Å². The van der Waals surface area contributed by atoms with Crippen LogP contribution in [0, 0.1) is 0 Å². The van der Waals surface area contributed by atoms with Crippen LogP contribution in [0.15, 0.2) is 12.3 Å². The number of carbonyl (C=O) groups is 1. The van der Waals surface area contributed by atoms with E-state index in [1.807, 2.05) is 0 Å². The highest BCUT2D eigenvalue weighted by Gasteiger charge is 2.28. The van der Waals surface area contributed by atoms with Crippen molar-refractivity contribution >= 4 is 5.91 Å². The summed E-state index contributed by atoms with van der Waals surface area (Å²) in [5.74, 6) is 0.133. The maximum atomic E-state index is 11.7. The Morgan fingerprint density at radius 3 is 3.05 bits per heavy atom. The fourth-order valence-corrected chi connectivity index (χ4v) is 3.02. The molecular weight excluding hydrogens is 258 g/mol. The highest BCUT2D eigenvalue weighted by molar-refractivity contribution is 5.96. The number of morpholine rings is 1. The molecule has 3 N–H and O–H groups in total. The average molecular weight is 279 g/mol. The predicted molar refractivity (Wildman–Crippen MR) is 73.7 cm³/mol. The van der Waals surface area contributed by atoms with Gasteiger partial charge in [0.05, 0.1) is 24.9 Å². The second-order valence-electron chi connectivity index (χ2n) is 5.51. The first-order valence-corrected chi connectivity index (χ1v) is 7.17. The van der Waals surface area contributed by atoms with Gasteiger partial charge in [-0.2, -0.15) is 0 Å². The number of aromatic nitrogens is 1. The quantitative estimate of drug-likeness (QED) is 0.721. The number of hydrogen-bond donors (Lipinski definition) is 3. The minimum Gasteiger partial charge on any atom is -0.392 e. The minimum atomic E-state index is -0.385. The van der Waals surface area contributed by atoms with Crippen LogP contribution >= 0.6 is 0 Å². The number of β-amino-alcohol motifs (C(OH)–C–C–N with tert-alkyl or cyclic N) is 1. The van der Waals surface area contributed by atoms with Gasteiger partial charge in [-0.05, 0) is 12.5 Å². The van der Waals surface area contributed by atoms with E-state index < -0.39 is 0 Å². The molecule has 3 heterocycles. The van der Waals surface area contributed by atoms with Crippen molar-refractivity contribution in [2.24, 2.45) is 0 Å². The molecule has 1 fully saturated rings. The Kier molecular flexibility index (Phi) is 4.05. The van der Waals surface area contributed by atoms with E-state index in [2.05, 4.69) is 15.2 Å². The number of nitrogens with one attached hydrogen (secondary N) is 2. The van der Waals surface area contributed by atoms with Crippen LogP contribution in [0.1, 0.15) is 28.4 Å². The Bertz CT molecular complexity index is 468.